The van der Waals surface area contributed by atoms with E-state index in [1.165, 1.54) is 53.6 Å². The maximum atomic E-state index is 6.66. The van der Waals surface area contributed by atoms with Crippen molar-refractivity contribution in [2.24, 2.45) is 0 Å². The lowest BCUT2D eigenvalue weighted by molar-refractivity contribution is 0.669. The molecule has 10 aromatic rings. The maximum Gasteiger partial charge on any atom is 0.159 e. The third-order valence-electron chi connectivity index (χ3n) is 9.90. The van der Waals surface area contributed by atoms with Crippen molar-refractivity contribution in [3.8, 4) is 33.4 Å². The molecule has 0 fully saturated rings. The molecule has 3 heteroatoms. The predicted octanol–water partition coefficient (Wildman–Crippen LogP) is 14.4. The second kappa shape index (κ2) is 12.2. The summed E-state index contributed by atoms with van der Waals surface area (Å²) in [5.74, 6) is 0. The monoisotopic (exact) mass is 669 g/mol. The van der Waals surface area contributed by atoms with Crippen molar-refractivity contribution in [2.75, 3.05) is 4.90 Å². The van der Waals surface area contributed by atoms with Crippen molar-refractivity contribution in [1.29, 1.82) is 0 Å². The van der Waals surface area contributed by atoms with Crippen molar-refractivity contribution in [3.05, 3.63) is 188 Å². The fourth-order valence-corrected chi connectivity index (χ4v) is 8.77. The van der Waals surface area contributed by atoms with Crippen molar-refractivity contribution in [1.82, 2.24) is 0 Å². The highest BCUT2D eigenvalue weighted by Crippen LogP contribution is 2.49. The summed E-state index contributed by atoms with van der Waals surface area (Å²) >= 11 is 1.87. The fraction of sp³-hybridized carbons (Fsp3) is 0. The molecule has 0 saturated carbocycles. The first-order valence-corrected chi connectivity index (χ1v) is 18.1. The van der Waals surface area contributed by atoms with Crippen molar-refractivity contribution >= 4 is 70.5 Å². The lowest BCUT2D eigenvalue weighted by atomic mass is 10.00. The van der Waals surface area contributed by atoms with Crippen molar-refractivity contribution < 1.29 is 4.42 Å². The summed E-state index contributed by atoms with van der Waals surface area (Å²) < 4.78 is 9.19. The first kappa shape index (κ1) is 29.5. The number of rotatable bonds is 6. The smallest absolute Gasteiger partial charge is 0.159 e. The summed E-state index contributed by atoms with van der Waals surface area (Å²) in [7, 11) is 0. The minimum atomic E-state index is 0.877. The quantitative estimate of drug-likeness (QED) is 0.175. The Morgan fingerprint density at radius 3 is 1.57 bits per heavy atom. The zero-order valence-corrected chi connectivity index (χ0v) is 28.5. The van der Waals surface area contributed by atoms with Crippen LogP contribution >= 0.6 is 11.3 Å². The molecule has 0 N–H and O–H groups in total. The first-order valence-electron chi connectivity index (χ1n) is 17.3. The molecule has 2 heterocycles. The molecule has 0 saturated heterocycles. The van der Waals surface area contributed by atoms with Crippen molar-refractivity contribution in [3.63, 3.8) is 0 Å². The number of fused-ring (bicyclic) bond motifs is 6. The number of furan rings is 1. The van der Waals surface area contributed by atoms with E-state index in [1.807, 2.05) is 17.4 Å². The number of benzene rings is 8. The van der Waals surface area contributed by atoms with Crippen LogP contribution < -0.4 is 4.90 Å². The van der Waals surface area contributed by atoms with E-state index in [4.69, 9.17) is 4.42 Å². The Kier molecular flexibility index (Phi) is 7.04. The summed E-state index contributed by atoms with van der Waals surface area (Å²) in [6, 6.07) is 67.2. The van der Waals surface area contributed by atoms with Gasteiger partial charge in [0, 0.05) is 31.9 Å². The number of anilines is 3. The van der Waals surface area contributed by atoms with Gasteiger partial charge in [0.2, 0.25) is 0 Å². The second-order valence-corrected chi connectivity index (χ2v) is 13.9. The molecule has 0 atom stereocenters. The number of hydrogen-bond acceptors (Lipinski definition) is 3. The van der Waals surface area contributed by atoms with Gasteiger partial charge in [-0.3, -0.25) is 0 Å². The Hall–Kier alpha value is -6.42. The van der Waals surface area contributed by atoms with Gasteiger partial charge in [0.25, 0.3) is 0 Å². The van der Waals surface area contributed by atoms with Gasteiger partial charge < -0.3 is 9.32 Å². The standard InChI is InChI=1S/C48H31NOS/c1-3-12-32(13-4-1)33-24-26-34(27-25-33)35-28-30-37(31-29-35)49(43-21-10-18-40-39-16-7-8-23-45(39)50-46(40)43)44-22-11-20-42-41-19-9-17-38(47(41)51-48(42)44)36-14-5-2-6-15-36/h1-31H. The normalized spacial score (nSPS) is 11.5. The lowest BCUT2D eigenvalue weighted by Gasteiger charge is -2.26. The van der Waals surface area contributed by atoms with Crippen LogP contribution in [0, 0.1) is 0 Å². The highest BCUT2D eigenvalue weighted by molar-refractivity contribution is 7.27. The summed E-state index contributed by atoms with van der Waals surface area (Å²) in [5.41, 5.74) is 12.3. The van der Waals surface area contributed by atoms with Crippen LogP contribution in [0.3, 0.4) is 0 Å². The maximum absolute atomic E-state index is 6.66. The zero-order valence-electron chi connectivity index (χ0n) is 27.7. The predicted molar refractivity (Wildman–Crippen MR) is 218 cm³/mol. The molecule has 2 aromatic heterocycles. The summed E-state index contributed by atoms with van der Waals surface area (Å²) in [6.45, 7) is 0. The van der Waals surface area contributed by atoms with Crippen LogP contribution in [0.25, 0.3) is 75.5 Å². The molecule has 0 amide bonds. The Balaban J connectivity index is 1.16. The van der Waals surface area contributed by atoms with E-state index in [0.29, 0.717) is 0 Å². The molecular formula is C48H31NOS. The van der Waals surface area contributed by atoms with Gasteiger partial charge in [-0.25, -0.2) is 0 Å². The Bertz CT molecular complexity index is 2830. The fourth-order valence-electron chi connectivity index (χ4n) is 7.43. The van der Waals surface area contributed by atoms with Gasteiger partial charge in [-0.2, -0.15) is 0 Å². The molecule has 0 aliphatic carbocycles. The Morgan fingerprint density at radius 2 is 0.863 bits per heavy atom. The molecule has 0 radical (unpaired) electrons. The minimum Gasteiger partial charge on any atom is -0.454 e. The van der Waals surface area contributed by atoms with Gasteiger partial charge in [-0.1, -0.05) is 158 Å². The van der Waals surface area contributed by atoms with Crippen LogP contribution in [0.5, 0.6) is 0 Å². The van der Waals surface area contributed by atoms with Crippen LogP contribution in [-0.2, 0) is 0 Å². The van der Waals surface area contributed by atoms with E-state index in [2.05, 4.69) is 187 Å². The zero-order chi connectivity index (χ0) is 33.7. The molecule has 0 aliphatic rings. The van der Waals surface area contributed by atoms with Crippen LogP contribution in [-0.4, -0.2) is 0 Å². The van der Waals surface area contributed by atoms with Gasteiger partial charge in [0.05, 0.1) is 16.1 Å². The van der Waals surface area contributed by atoms with Crippen LogP contribution in [0.1, 0.15) is 0 Å². The van der Waals surface area contributed by atoms with Gasteiger partial charge in [0.15, 0.2) is 5.58 Å². The Morgan fingerprint density at radius 1 is 0.353 bits per heavy atom. The molecule has 0 bridgehead atoms. The first-order chi connectivity index (χ1) is 25.3. The SMILES string of the molecule is c1ccc(-c2ccc(-c3ccc(N(c4cccc5c4oc4ccccc45)c4cccc5c4sc4c(-c6ccccc6)cccc45)cc3)cc2)cc1. The number of nitrogens with zero attached hydrogens (tertiary/aromatic N) is 1. The molecule has 0 spiro atoms. The van der Waals surface area contributed by atoms with Crippen LogP contribution in [0.15, 0.2) is 192 Å². The highest BCUT2D eigenvalue weighted by atomic mass is 32.1. The Labute approximate surface area is 300 Å². The molecule has 240 valence electrons. The van der Waals surface area contributed by atoms with E-state index >= 15 is 0 Å². The average molecular weight is 670 g/mol. The third kappa shape index (κ3) is 5.01. The van der Waals surface area contributed by atoms with E-state index in [-0.39, 0.29) is 0 Å². The minimum absolute atomic E-state index is 0.877. The molecular weight excluding hydrogens is 639 g/mol. The van der Waals surface area contributed by atoms with Gasteiger partial charge in [-0.15, -0.1) is 11.3 Å². The van der Waals surface area contributed by atoms with E-state index in [0.717, 1.165) is 39.0 Å². The second-order valence-electron chi connectivity index (χ2n) is 12.9. The van der Waals surface area contributed by atoms with Gasteiger partial charge in [-0.05, 0) is 63.7 Å². The molecule has 0 unspecified atom stereocenters. The van der Waals surface area contributed by atoms with Crippen molar-refractivity contribution in [2.45, 2.75) is 0 Å². The van der Waals surface area contributed by atoms with E-state index in [1.54, 1.807) is 0 Å². The van der Waals surface area contributed by atoms with Gasteiger partial charge in [0.1, 0.15) is 5.58 Å². The third-order valence-corrected chi connectivity index (χ3v) is 11.2. The van der Waals surface area contributed by atoms with Crippen LogP contribution in [0.4, 0.5) is 17.1 Å². The number of hydrogen-bond donors (Lipinski definition) is 0. The largest absolute Gasteiger partial charge is 0.454 e. The van der Waals surface area contributed by atoms with Gasteiger partial charge >= 0.3 is 0 Å². The van der Waals surface area contributed by atoms with Crippen LogP contribution in [0.2, 0.25) is 0 Å². The lowest BCUT2D eigenvalue weighted by Crippen LogP contribution is -2.10. The molecule has 0 aliphatic heterocycles. The summed E-state index contributed by atoms with van der Waals surface area (Å²) in [6.07, 6.45) is 0. The molecule has 8 aromatic carbocycles. The molecule has 10 rings (SSSR count). The van der Waals surface area contributed by atoms with E-state index in [9.17, 15) is 0 Å². The number of para-hydroxylation sites is 2. The highest BCUT2D eigenvalue weighted by Gasteiger charge is 2.23. The molecule has 51 heavy (non-hydrogen) atoms. The summed E-state index contributed by atoms with van der Waals surface area (Å²) in [5, 5.41) is 4.76. The van der Waals surface area contributed by atoms with E-state index < -0.39 is 0 Å². The molecule has 2 nitrogen and oxygen atoms in total. The summed E-state index contributed by atoms with van der Waals surface area (Å²) in [4.78, 5) is 2.38. The topological polar surface area (TPSA) is 16.4 Å². The average Bonchev–Trinajstić information content (AvgIpc) is 3.79. The number of thiophene rings is 1.